The lowest BCUT2D eigenvalue weighted by Gasteiger charge is -2.44. The number of aliphatic hydroxyl groups excluding tert-OH is 1. The summed E-state index contributed by atoms with van der Waals surface area (Å²) < 4.78 is 25.2. The van der Waals surface area contributed by atoms with Crippen molar-refractivity contribution in [2.75, 3.05) is 13.2 Å². The van der Waals surface area contributed by atoms with Gasteiger partial charge in [-0.05, 0) is 125 Å². The molecule has 1 heterocycles. The first-order valence-corrected chi connectivity index (χ1v) is 18.5. The molecule has 0 saturated carbocycles. The Bertz CT molecular complexity index is 2650. The number of nitrogens with one attached hydrogen (secondary N) is 1. The van der Waals surface area contributed by atoms with Gasteiger partial charge in [0.05, 0.1) is 44.7 Å². The van der Waals surface area contributed by atoms with E-state index in [1.165, 1.54) is 6.08 Å². The molecular formula is C53H87NO6. The van der Waals surface area contributed by atoms with E-state index in [1.807, 2.05) is 60.7 Å². The summed E-state index contributed by atoms with van der Waals surface area (Å²) in [5, 5.41) is 13.4. The molecule has 7 heteroatoms. The Balaban J connectivity index is -0.0000000801. The molecule has 2 N–H and O–H groups in total. The van der Waals surface area contributed by atoms with Crippen molar-refractivity contribution in [3.8, 4) is 142 Å². The number of carbonyl (C=O) groups is 1. The van der Waals surface area contributed by atoms with E-state index in [2.05, 4.69) is 168 Å². The van der Waals surface area contributed by atoms with Gasteiger partial charge in [-0.2, -0.15) is 0 Å². The van der Waals surface area contributed by atoms with Gasteiger partial charge in [0.2, 0.25) is 0 Å². The molecule has 1 amide bonds. The molecule has 1 aliphatic rings. The molecular weight excluding hydrogens is 747 g/mol. The van der Waals surface area contributed by atoms with Gasteiger partial charge in [0.15, 0.2) is 6.29 Å². The average Bonchev–Trinajstić information content (AvgIpc) is 3.27. The number of carbonyl (C=O) groups excluding carboxylic acids is 1. The fourth-order valence-electron chi connectivity index (χ4n) is 5.02. The van der Waals surface area contributed by atoms with Crippen molar-refractivity contribution >= 4 is 5.91 Å². The van der Waals surface area contributed by atoms with Crippen LogP contribution in [0, 0.1) is 154 Å². The number of benzene rings is 2. The molecule has 1 aliphatic heterocycles. The van der Waals surface area contributed by atoms with Gasteiger partial charge in [0.1, 0.15) is 6.10 Å². The van der Waals surface area contributed by atoms with Crippen LogP contribution in [0.15, 0.2) is 73.3 Å². The second-order valence-electron chi connectivity index (χ2n) is 12.3. The highest BCUT2D eigenvalue weighted by molar-refractivity contribution is 5.94. The molecule has 0 aliphatic carbocycles. The SMILES string of the molecule is C=C[C@@H](O)[C@H](CO[C@H]1OC(COCc2ccccc2)[C@H](C)[C@H](C)C1OCc1ccccc1)NC(=O)C#CC#CC#CC#CC#CC#CC#CC#CC#CC#CC#CC#CC.[HH].[HH].[HH].[HH].[HH].[HH].[HH].[HH].[HH].[HH].[HH].[HH].[HH].[HH].[HH].[HH].[HH].[HH].[HH].[HH].[HH].[HH].[HH].[HH]. The van der Waals surface area contributed by atoms with E-state index in [-0.39, 0.29) is 58.8 Å². The first kappa shape index (κ1) is 46.6. The van der Waals surface area contributed by atoms with E-state index in [9.17, 15) is 9.90 Å². The molecule has 7 atom stereocenters. The first-order chi connectivity index (χ1) is 29.4. The standard InChI is InChI=1S/C53H39NO6.24H2/c1-5-7-8-9-10-11-12-13-14-15-16-17-18-19-20-21-22-23-24-25-26-27-34-39-51(56)54-48(49(55)6-2)42-59-53-52(58-41-47-37-32-29-33-38-47)45(4)44(3)50(60-53)43-57-40-46-35-30-28-31-36-46;;;;;;;;;;;;;;;;;;;;;;;;/h6,28-33,35-38,44-45,48-50,52-53,55H,2,40-43H2,1,3-4H3,(H,54,56);24*1H/t44-,45+,48+,49-,50?,52?,53+;;;;;;;;;;;;;;;;;;;;;;;;/m1......................../s1. The topological polar surface area (TPSA) is 86.2 Å². The minimum absolute atomic E-state index is 0. The van der Waals surface area contributed by atoms with E-state index in [0.29, 0.717) is 19.8 Å². The Morgan fingerprint density at radius 3 is 1.62 bits per heavy atom. The monoisotopic (exact) mass is 834 g/mol. The van der Waals surface area contributed by atoms with Gasteiger partial charge in [-0.25, -0.2) is 0 Å². The maximum Gasteiger partial charge on any atom is 0.297 e. The fourth-order valence-corrected chi connectivity index (χ4v) is 5.02. The van der Waals surface area contributed by atoms with Crippen LogP contribution in [0.4, 0.5) is 0 Å². The quantitative estimate of drug-likeness (QED) is 0.155. The smallest absolute Gasteiger partial charge is 0.297 e. The van der Waals surface area contributed by atoms with Crippen LogP contribution in [-0.4, -0.2) is 54.9 Å². The van der Waals surface area contributed by atoms with Crippen molar-refractivity contribution in [1.82, 2.24) is 5.32 Å². The average molecular weight is 834 g/mol. The fraction of sp³-hybridized carbons (Fsp3) is 0.264. The first-order valence-electron chi connectivity index (χ1n) is 18.5. The van der Waals surface area contributed by atoms with Crippen molar-refractivity contribution in [2.45, 2.75) is 64.6 Å². The molecule has 0 bridgehead atoms. The zero-order valence-electron chi connectivity index (χ0n) is 33.4. The van der Waals surface area contributed by atoms with Crippen LogP contribution in [0.25, 0.3) is 0 Å². The third-order valence-electron chi connectivity index (χ3n) is 8.21. The molecule has 2 aromatic carbocycles. The predicted molar refractivity (Wildman–Crippen MR) is 282 cm³/mol. The lowest BCUT2D eigenvalue weighted by Crippen LogP contribution is -2.54. The molecule has 340 valence electrons. The molecule has 0 aromatic heterocycles. The zero-order chi connectivity index (χ0) is 42.9. The second kappa shape index (κ2) is 29.4. The molecule has 1 saturated heterocycles. The third kappa shape index (κ3) is 19.4. The maximum absolute atomic E-state index is 12.7. The molecule has 0 spiro atoms. The lowest BCUT2D eigenvalue weighted by molar-refractivity contribution is -0.291. The highest BCUT2D eigenvalue weighted by Gasteiger charge is 2.43. The molecule has 1 fully saturated rings. The highest BCUT2D eigenvalue weighted by Crippen LogP contribution is 2.34. The summed E-state index contributed by atoms with van der Waals surface area (Å²) in [5.41, 5.74) is 2.06. The van der Waals surface area contributed by atoms with Crippen LogP contribution < -0.4 is 5.32 Å². The Labute approximate surface area is 390 Å². The molecule has 2 aromatic rings. The number of hydrogen-bond donors (Lipinski definition) is 2. The molecule has 0 radical (unpaired) electrons. The number of amides is 1. The summed E-state index contributed by atoms with van der Waals surface area (Å²) in [5.74, 6) is 59.6. The van der Waals surface area contributed by atoms with Crippen molar-refractivity contribution in [3.63, 3.8) is 0 Å². The van der Waals surface area contributed by atoms with Crippen molar-refractivity contribution in [2.24, 2.45) is 11.8 Å². The Hall–Kier alpha value is -7.83. The van der Waals surface area contributed by atoms with E-state index in [4.69, 9.17) is 18.9 Å². The Morgan fingerprint density at radius 2 is 1.15 bits per heavy atom. The van der Waals surface area contributed by atoms with Gasteiger partial charge < -0.3 is 29.4 Å². The van der Waals surface area contributed by atoms with Crippen LogP contribution in [0.1, 0.15) is 66.1 Å². The van der Waals surface area contributed by atoms with Crippen molar-refractivity contribution in [3.05, 3.63) is 84.4 Å². The highest BCUT2D eigenvalue weighted by atomic mass is 16.7. The molecule has 60 heavy (non-hydrogen) atoms. The van der Waals surface area contributed by atoms with Crippen LogP contribution >= 0.6 is 0 Å². The predicted octanol–water partition coefficient (Wildman–Crippen LogP) is 9.80. The van der Waals surface area contributed by atoms with Crippen LogP contribution in [0.2, 0.25) is 0 Å². The second-order valence-corrected chi connectivity index (χ2v) is 12.3. The number of rotatable bonds is 13. The van der Waals surface area contributed by atoms with Gasteiger partial charge >= 0.3 is 0 Å². The van der Waals surface area contributed by atoms with Crippen LogP contribution in [0.3, 0.4) is 0 Å². The van der Waals surface area contributed by atoms with Crippen LogP contribution in [0.5, 0.6) is 0 Å². The van der Waals surface area contributed by atoms with E-state index < -0.39 is 30.4 Å². The maximum atomic E-state index is 12.7. The third-order valence-corrected chi connectivity index (χ3v) is 8.21. The van der Waals surface area contributed by atoms with E-state index >= 15 is 0 Å². The van der Waals surface area contributed by atoms with Gasteiger partial charge in [-0.3, -0.25) is 4.79 Å². The normalized spacial score (nSPS) is 17.0. The molecule has 3 rings (SSSR count). The van der Waals surface area contributed by atoms with Gasteiger partial charge in [0, 0.05) is 75.7 Å². The summed E-state index contributed by atoms with van der Waals surface area (Å²) in [6, 6.07) is 18.8. The minimum Gasteiger partial charge on any atom is -0.387 e. The van der Waals surface area contributed by atoms with E-state index in [1.54, 1.807) is 6.92 Å². The molecule has 2 unspecified atom stereocenters. The number of aliphatic hydroxyl groups is 1. The summed E-state index contributed by atoms with van der Waals surface area (Å²) >= 11 is 0. The Kier molecular flexibility index (Phi) is 22.8. The van der Waals surface area contributed by atoms with Gasteiger partial charge in [-0.15, -0.1) is 6.58 Å². The van der Waals surface area contributed by atoms with Crippen molar-refractivity contribution in [1.29, 1.82) is 0 Å². The lowest BCUT2D eigenvalue weighted by atomic mass is 9.83. The van der Waals surface area contributed by atoms with E-state index in [0.717, 1.165) is 11.1 Å². The largest absolute Gasteiger partial charge is 0.387 e. The van der Waals surface area contributed by atoms with Gasteiger partial charge in [0.25, 0.3) is 5.91 Å². The van der Waals surface area contributed by atoms with Crippen molar-refractivity contribution < 1.29 is 63.1 Å². The van der Waals surface area contributed by atoms with Crippen LogP contribution in [-0.2, 0) is 37.0 Å². The molecule has 7 nitrogen and oxygen atoms in total. The zero-order valence-corrected chi connectivity index (χ0v) is 33.4. The summed E-state index contributed by atoms with van der Waals surface area (Å²) in [7, 11) is 0. The van der Waals surface area contributed by atoms with Gasteiger partial charge in [-0.1, -0.05) is 86.5 Å². The summed E-state index contributed by atoms with van der Waals surface area (Å²) in [6.45, 7) is 10.6. The number of ether oxygens (including phenoxy) is 4. The summed E-state index contributed by atoms with van der Waals surface area (Å²) in [6.07, 6.45) is -1.42. The minimum atomic E-state index is -1.15. The summed E-state index contributed by atoms with van der Waals surface area (Å²) in [4.78, 5) is 12.7. The number of hydrogen-bond acceptors (Lipinski definition) is 6. The Morgan fingerprint density at radius 1 is 0.700 bits per heavy atom.